The van der Waals surface area contributed by atoms with Crippen molar-refractivity contribution in [1.82, 2.24) is 0 Å². The summed E-state index contributed by atoms with van der Waals surface area (Å²) in [7, 11) is -2.26. The van der Waals surface area contributed by atoms with E-state index in [0.717, 1.165) is 38.5 Å². The standard InChI is InChI=1S/C46H86O11Si/c1-10-14-16-18-20-22-24-26-28-30-35-50-41-40(57-45(49)53-34-13-4)39(37-54-58(8,9)46(5,6)7)56-43(47)42(41)51-36-32-38(55-44(48)52-33-12-3)31-29-27-25-23-21-19-17-15-11-2/h12-13,38-43,47H,3-4,10-11,14-37H2,1-2,5-9H3/t38-,39-,40-,41+,42-,43+/m1/s1. The Labute approximate surface area is 354 Å². The molecule has 1 fully saturated rings. The lowest BCUT2D eigenvalue weighted by Crippen LogP contribution is -2.62. The molecule has 0 aliphatic carbocycles. The summed E-state index contributed by atoms with van der Waals surface area (Å²) in [5, 5.41) is 11.4. The molecule has 58 heavy (non-hydrogen) atoms. The highest BCUT2D eigenvalue weighted by molar-refractivity contribution is 6.74. The van der Waals surface area contributed by atoms with Gasteiger partial charge < -0.3 is 42.7 Å². The van der Waals surface area contributed by atoms with Gasteiger partial charge in [0.25, 0.3) is 0 Å². The van der Waals surface area contributed by atoms with Gasteiger partial charge in [-0.15, -0.1) is 0 Å². The first kappa shape index (κ1) is 54.1. The van der Waals surface area contributed by atoms with E-state index in [4.69, 9.17) is 37.6 Å². The van der Waals surface area contributed by atoms with Crippen molar-refractivity contribution in [1.29, 1.82) is 0 Å². The maximum atomic E-state index is 13.0. The molecule has 12 heteroatoms. The molecule has 0 aromatic carbocycles. The van der Waals surface area contributed by atoms with E-state index >= 15 is 0 Å². The highest BCUT2D eigenvalue weighted by Gasteiger charge is 2.50. The van der Waals surface area contributed by atoms with Gasteiger partial charge in [-0.2, -0.15) is 0 Å². The first-order valence-electron chi connectivity index (χ1n) is 22.9. The molecule has 1 heterocycles. The third kappa shape index (κ3) is 24.3. The van der Waals surface area contributed by atoms with Gasteiger partial charge in [0, 0.05) is 13.0 Å². The summed E-state index contributed by atoms with van der Waals surface area (Å²) in [6.07, 6.45) is 19.1. The second kappa shape index (κ2) is 32.8. The molecule has 0 unspecified atom stereocenters. The van der Waals surface area contributed by atoms with Crippen LogP contribution in [-0.2, 0) is 37.6 Å². The third-order valence-corrected chi connectivity index (χ3v) is 15.8. The molecule has 1 saturated heterocycles. The van der Waals surface area contributed by atoms with Crippen LogP contribution in [0.25, 0.3) is 0 Å². The zero-order valence-corrected chi connectivity index (χ0v) is 38.9. The Morgan fingerprint density at radius 2 is 1.16 bits per heavy atom. The number of aliphatic hydroxyl groups excluding tert-OH is 1. The van der Waals surface area contributed by atoms with Crippen molar-refractivity contribution in [3.8, 4) is 0 Å². The number of rotatable bonds is 35. The average molecular weight is 843 g/mol. The average Bonchev–Trinajstić information content (AvgIpc) is 3.18. The van der Waals surface area contributed by atoms with Crippen molar-refractivity contribution in [2.75, 3.05) is 33.0 Å². The van der Waals surface area contributed by atoms with Crippen molar-refractivity contribution in [3.63, 3.8) is 0 Å². The summed E-state index contributed by atoms with van der Waals surface area (Å²) < 4.78 is 47.5. The van der Waals surface area contributed by atoms with E-state index in [-0.39, 0.29) is 31.5 Å². The van der Waals surface area contributed by atoms with E-state index in [0.29, 0.717) is 19.4 Å². The highest BCUT2D eigenvalue weighted by Crippen LogP contribution is 2.38. The van der Waals surface area contributed by atoms with Gasteiger partial charge in [-0.05, 0) is 37.4 Å². The molecule has 0 bridgehead atoms. The summed E-state index contributed by atoms with van der Waals surface area (Å²) in [5.74, 6) is 0. The Bertz CT molecular complexity index is 1060. The Morgan fingerprint density at radius 3 is 1.67 bits per heavy atom. The Morgan fingerprint density at radius 1 is 0.672 bits per heavy atom. The quantitative estimate of drug-likeness (QED) is 0.0283. The summed E-state index contributed by atoms with van der Waals surface area (Å²) in [5.41, 5.74) is 0. The number of unbranched alkanes of at least 4 members (excludes halogenated alkanes) is 17. The maximum Gasteiger partial charge on any atom is 0.509 e. The number of carbonyl (C=O) groups is 2. The minimum absolute atomic E-state index is 0.0280. The fraction of sp³-hybridized carbons (Fsp3) is 0.870. The van der Waals surface area contributed by atoms with E-state index in [2.05, 4.69) is 60.9 Å². The zero-order valence-electron chi connectivity index (χ0n) is 37.9. The number of hydrogen-bond acceptors (Lipinski definition) is 11. The number of carbonyl (C=O) groups excluding carboxylic acids is 2. The highest BCUT2D eigenvalue weighted by atomic mass is 28.4. The van der Waals surface area contributed by atoms with Crippen molar-refractivity contribution < 1.29 is 52.3 Å². The first-order chi connectivity index (χ1) is 27.8. The topological polar surface area (TPSA) is 128 Å². The summed E-state index contributed by atoms with van der Waals surface area (Å²) in [4.78, 5) is 25.5. The molecule has 0 saturated carbocycles. The predicted octanol–water partition coefficient (Wildman–Crippen LogP) is 12.1. The maximum absolute atomic E-state index is 13.0. The Balaban J connectivity index is 3.11. The molecule has 340 valence electrons. The number of aliphatic hydroxyl groups is 1. The number of ether oxygens (including phenoxy) is 7. The van der Waals surface area contributed by atoms with Crippen LogP contribution in [0.3, 0.4) is 0 Å². The van der Waals surface area contributed by atoms with E-state index in [1.54, 1.807) is 0 Å². The van der Waals surface area contributed by atoms with E-state index in [1.165, 1.54) is 95.6 Å². The Hall–Kier alpha value is -1.96. The van der Waals surface area contributed by atoms with Crippen molar-refractivity contribution >= 4 is 20.6 Å². The SMILES string of the molecule is C=CCOC(=O)O[C@H](CCCCCCCCCCC)CCO[C@@H]1[C@@H](OCCCCCCCCCCCC)[C@H](OC(=O)OCC=C)[C@@H](CO[Si](C)(C)C(C)(C)C)O[C@@H]1O. The molecule has 1 N–H and O–H groups in total. The van der Waals surface area contributed by atoms with Crippen LogP contribution >= 0.6 is 0 Å². The van der Waals surface area contributed by atoms with Gasteiger partial charge in [0.05, 0.1) is 13.2 Å². The monoisotopic (exact) mass is 843 g/mol. The molecule has 0 radical (unpaired) electrons. The van der Waals surface area contributed by atoms with Crippen molar-refractivity contribution in [2.24, 2.45) is 0 Å². The molecule has 1 aliphatic rings. The van der Waals surface area contributed by atoms with Crippen LogP contribution in [-0.4, -0.2) is 95.6 Å². The minimum atomic E-state index is -2.26. The van der Waals surface area contributed by atoms with E-state index in [1.807, 2.05) is 0 Å². The normalized spacial score (nSPS) is 20.3. The second-order valence-corrected chi connectivity index (χ2v) is 22.2. The van der Waals surface area contributed by atoms with Crippen LogP contribution in [0, 0.1) is 0 Å². The molecule has 6 atom stereocenters. The summed E-state index contributed by atoms with van der Waals surface area (Å²) in [6.45, 7) is 23.0. The minimum Gasteiger partial charge on any atom is -0.431 e. The fourth-order valence-corrected chi connectivity index (χ4v) is 7.72. The van der Waals surface area contributed by atoms with Gasteiger partial charge >= 0.3 is 12.3 Å². The van der Waals surface area contributed by atoms with Crippen LogP contribution in [0.2, 0.25) is 18.1 Å². The molecular formula is C46H86O11Si. The first-order valence-corrected chi connectivity index (χ1v) is 25.8. The lowest BCUT2D eigenvalue weighted by Gasteiger charge is -2.45. The van der Waals surface area contributed by atoms with Crippen LogP contribution < -0.4 is 0 Å². The van der Waals surface area contributed by atoms with Crippen LogP contribution in [0.4, 0.5) is 9.59 Å². The van der Waals surface area contributed by atoms with Crippen molar-refractivity contribution in [3.05, 3.63) is 25.3 Å². The summed E-state index contributed by atoms with van der Waals surface area (Å²) >= 11 is 0. The fourth-order valence-electron chi connectivity index (χ4n) is 6.70. The largest absolute Gasteiger partial charge is 0.509 e. The molecule has 0 aromatic heterocycles. The van der Waals surface area contributed by atoms with Gasteiger partial charge in [-0.1, -0.05) is 169 Å². The van der Waals surface area contributed by atoms with Gasteiger partial charge in [-0.25, -0.2) is 9.59 Å². The molecule has 0 spiro atoms. The lowest BCUT2D eigenvalue weighted by atomic mass is 9.98. The molecule has 1 rings (SSSR count). The van der Waals surface area contributed by atoms with Gasteiger partial charge in [0.15, 0.2) is 20.7 Å². The van der Waals surface area contributed by atoms with Crippen molar-refractivity contribution in [2.45, 2.75) is 224 Å². The van der Waals surface area contributed by atoms with E-state index < -0.39 is 57.4 Å². The van der Waals surface area contributed by atoms with E-state index in [9.17, 15) is 14.7 Å². The van der Waals surface area contributed by atoms with Gasteiger partial charge in [0.1, 0.15) is 37.6 Å². The predicted molar refractivity (Wildman–Crippen MR) is 235 cm³/mol. The lowest BCUT2D eigenvalue weighted by molar-refractivity contribution is -0.304. The molecule has 0 amide bonds. The molecular weight excluding hydrogens is 757 g/mol. The summed E-state index contributed by atoms with van der Waals surface area (Å²) in [6, 6.07) is 0. The molecule has 0 aromatic rings. The zero-order chi connectivity index (χ0) is 43.1. The van der Waals surface area contributed by atoms with Crippen LogP contribution in [0.15, 0.2) is 25.3 Å². The smallest absolute Gasteiger partial charge is 0.431 e. The van der Waals surface area contributed by atoms with Crippen LogP contribution in [0.5, 0.6) is 0 Å². The third-order valence-electron chi connectivity index (χ3n) is 11.3. The number of hydrogen-bond donors (Lipinski definition) is 1. The van der Waals surface area contributed by atoms with Crippen LogP contribution in [0.1, 0.15) is 169 Å². The molecule has 1 aliphatic heterocycles. The van der Waals surface area contributed by atoms with Gasteiger partial charge in [0.2, 0.25) is 0 Å². The molecule has 11 nitrogen and oxygen atoms in total. The second-order valence-electron chi connectivity index (χ2n) is 17.4. The Kier molecular flexibility index (Phi) is 30.5. The van der Waals surface area contributed by atoms with Gasteiger partial charge in [-0.3, -0.25) is 0 Å².